The number of aliphatic hydroxyl groups excluding tert-OH is 1. The van der Waals surface area contributed by atoms with E-state index in [1.807, 2.05) is 0 Å². The van der Waals surface area contributed by atoms with Gasteiger partial charge in [-0.15, -0.1) is 0 Å². The Morgan fingerprint density at radius 1 is 1.43 bits per heavy atom. The summed E-state index contributed by atoms with van der Waals surface area (Å²) in [5.74, 6) is 1.000. The second-order valence-corrected chi connectivity index (χ2v) is 4.90. The Morgan fingerprint density at radius 3 is 3.13 bits per heavy atom. The van der Waals surface area contributed by atoms with Crippen LogP contribution in [0.25, 0.3) is 28.4 Å². The fraction of sp³-hybridized carbons (Fsp3) is 0.214. The first-order chi connectivity index (χ1) is 11.3. The fourth-order valence-electron chi connectivity index (χ4n) is 2.38. The molecule has 4 heterocycles. The first kappa shape index (κ1) is 13.7. The van der Waals surface area contributed by atoms with Gasteiger partial charge >= 0.3 is 0 Å². The molecular weight excluding hydrogens is 302 g/mol. The first-order valence-electron chi connectivity index (χ1n) is 6.96. The van der Waals surface area contributed by atoms with Gasteiger partial charge in [0.1, 0.15) is 12.4 Å². The van der Waals surface area contributed by atoms with Crippen LogP contribution in [-0.2, 0) is 11.5 Å². The average Bonchev–Trinajstić information content (AvgIpc) is 3.26. The summed E-state index contributed by atoms with van der Waals surface area (Å²) in [4.78, 5) is 24.1. The van der Waals surface area contributed by atoms with E-state index in [1.54, 1.807) is 29.2 Å². The third kappa shape index (κ3) is 2.22. The molecule has 0 unspecified atom stereocenters. The van der Waals surface area contributed by atoms with E-state index in [0.29, 0.717) is 22.9 Å². The van der Waals surface area contributed by atoms with E-state index in [2.05, 4.69) is 15.0 Å². The molecule has 118 valence electrons. The molecule has 9 heteroatoms. The minimum absolute atomic E-state index is 0.0733. The number of imidazole rings is 2. The molecule has 0 atom stereocenters. The maximum absolute atomic E-state index is 12.5. The van der Waals surface area contributed by atoms with E-state index in [0.717, 1.165) is 0 Å². The van der Waals surface area contributed by atoms with Crippen LogP contribution in [0.1, 0.15) is 0 Å². The van der Waals surface area contributed by atoms with Crippen molar-refractivity contribution in [2.24, 2.45) is 0 Å². The smallest absolute Gasteiger partial charge is 0.287 e. The van der Waals surface area contributed by atoms with Crippen molar-refractivity contribution in [2.45, 2.75) is 6.73 Å². The quantitative estimate of drug-likeness (QED) is 0.522. The summed E-state index contributed by atoms with van der Waals surface area (Å²) in [6.07, 6.45) is 4.68. The van der Waals surface area contributed by atoms with E-state index >= 15 is 0 Å². The van der Waals surface area contributed by atoms with Crippen LogP contribution in [0.2, 0.25) is 0 Å². The predicted octanol–water partition coefficient (Wildman–Crippen LogP) is 0.599. The van der Waals surface area contributed by atoms with Gasteiger partial charge < -0.3 is 19.2 Å². The highest BCUT2D eigenvalue weighted by Gasteiger charge is 2.14. The topological polar surface area (TPSA) is 111 Å². The van der Waals surface area contributed by atoms with E-state index in [9.17, 15) is 4.79 Å². The summed E-state index contributed by atoms with van der Waals surface area (Å²) >= 11 is 0. The average molecular weight is 315 g/mol. The summed E-state index contributed by atoms with van der Waals surface area (Å²) in [5, 5.41) is 8.75. The van der Waals surface area contributed by atoms with Gasteiger partial charge in [-0.25, -0.2) is 9.38 Å². The van der Waals surface area contributed by atoms with Crippen molar-refractivity contribution < 1.29 is 14.3 Å². The van der Waals surface area contributed by atoms with Crippen LogP contribution >= 0.6 is 0 Å². The molecule has 23 heavy (non-hydrogen) atoms. The summed E-state index contributed by atoms with van der Waals surface area (Å²) in [6, 6.07) is 3.55. The van der Waals surface area contributed by atoms with Crippen molar-refractivity contribution in [3.05, 3.63) is 41.3 Å². The molecule has 0 aliphatic rings. The van der Waals surface area contributed by atoms with Gasteiger partial charge in [-0.05, 0) is 12.1 Å². The number of aliphatic hydroxyl groups is 1. The van der Waals surface area contributed by atoms with Gasteiger partial charge in [-0.3, -0.25) is 9.36 Å². The Bertz CT molecular complexity index is 1010. The number of fused-ring (bicyclic) bond motifs is 2. The van der Waals surface area contributed by atoms with Crippen molar-refractivity contribution in [3.63, 3.8) is 0 Å². The highest BCUT2D eigenvalue weighted by Crippen LogP contribution is 2.18. The number of aromatic nitrogens is 5. The number of hydrogen-bond acceptors (Lipinski definition) is 6. The van der Waals surface area contributed by atoms with Crippen molar-refractivity contribution in [1.29, 1.82) is 0 Å². The molecule has 2 N–H and O–H groups in total. The number of aromatic amines is 1. The lowest BCUT2D eigenvalue weighted by molar-refractivity contribution is 0.0499. The molecular formula is C14H13N5O4. The molecule has 0 amide bonds. The second kappa shape index (κ2) is 5.38. The van der Waals surface area contributed by atoms with Gasteiger partial charge in [-0.2, -0.15) is 4.98 Å². The Kier molecular flexibility index (Phi) is 3.21. The Hall–Kier alpha value is -2.91. The highest BCUT2D eigenvalue weighted by atomic mass is 16.5. The lowest BCUT2D eigenvalue weighted by atomic mass is 10.4. The monoisotopic (exact) mass is 315 g/mol. The van der Waals surface area contributed by atoms with Crippen LogP contribution in [0.5, 0.6) is 0 Å². The molecule has 0 saturated heterocycles. The minimum atomic E-state index is -0.278. The molecule has 0 saturated carbocycles. The summed E-state index contributed by atoms with van der Waals surface area (Å²) in [7, 11) is 0. The predicted molar refractivity (Wildman–Crippen MR) is 79.8 cm³/mol. The number of hydrogen-bond donors (Lipinski definition) is 2. The standard InChI is InChI=1S/C14H13N5O4/c20-3-5-22-8-18-7-15-11-12(18)17-14-16-9(6-19(14)13(11)21)10-2-1-4-23-10/h1-2,4,6-7,20H,3,5,8H2,(H,16,17). The molecule has 9 nitrogen and oxygen atoms in total. The van der Waals surface area contributed by atoms with Gasteiger partial charge in [0, 0.05) is 6.20 Å². The van der Waals surface area contributed by atoms with Crippen LogP contribution < -0.4 is 5.56 Å². The molecule has 0 radical (unpaired) electrons. The van der Waals surface area contributed by atoms with Crippen LogP contribution in [0.3, 0.4) is 0 Å². The number of H-pyrrole nitrogens is 1. The third-order valence-electron chi connectivity index (χ3n) is 3.43. The SMILES string of the molecule is O=c1c2ncn(COCCO)c2nc2[nH]c(-c3ccco3)cn12. The summed E-state index contributed by atoms with van der Waals surface area (Å²) in [5.41, 5.74) is 1.04. The molecule has 0 fully saturated rings. The molecule has 0 aliphatic heterocycles. The van der Waals surface area contributed by atoms with Crippen LogP contribution in [0.15, 0.2) is 40.1 Å². The third-order valence-corrected chi connectivity index (χ3v) is 3.43. The maximum Gasteiger partial charge on any atom is 0.287 e. The molecule has 4 aromatic heterocycles. The molecule has 0 bridgehead atoms. The number of ether oxygens (including phenoxy) is 1. The fourth-order valence-corrected chi connectivity index (χ4v) is 2.38. The van der Waals surface area contributed by atoms with Crippen molar-refractivity contribution in [2.75, 3.05) is 13.2 Å². The van der Waals surface area contributed by atoms with E-state index < -0.39 is 0 Å². The van der Waals surface area contributed by atoms with E-state index in [1.165, 1.54) is 10.7 Å². The van der Waals surface area contributed by atoms with Gasteiger partial charge in [0.05, 0.1) is 25.8 Å². The zero-order chi connectivity index (χ0) is 15.8. The largest absolute Gasteiger partial charge is 0.463 e. The van der Waals surface area contributed by atoms with Crippen molar-refractivity contribution >= 4 is 16.9 Å². The summed E-state index contributed by atoms with van der Waals surface area (Å²) < 4.78 is 13.6. The van der Waals surface area contributed by atoms with Crippen LogP contribution in [0, 0.1) is 0 Å². The van der Waals surface area contributed by atoms with Crippen LogP contribution in [-0.4, -0.2) is 42.2 Å². The molecule has 4 aromatic rings. The highest BCUT2D eigenvalue weighted by molar-refractivity contribution is 5.72. The van der Waals surface area contributed by atoms with E-state index in [4.69, 9.17) is 14.3 Å². The second-order valence-electron chi connectivity index (χ2n) is 4.90. The lowest BCUT2D eigenvalue weighted by Crippen LogP contribution is -2.14. The zero-order valence-electron chi connectivity index (χ0n) is 12.0. The summed E-state index contributed by atoms with van der Waals surface area (Å²) in [6.45, 7) is 0.285. The molecule has 0 spiro atoms. The Labute approximate surface area is 128 Å². The molecule has 0 aromatic carbocycles. The zero-order valence-corrected chi connectivity index (χ0v) is 12.0. The van der Waals surface area contributed by atoms with Gasteiger partial charge in [0.2, 0.25) is 5.78 Å². The number of nitrogens with one attached hydrogen (secondary N) is 1. The minimum Gasteiger partial charge on any atom is -0.463 e. The number of nitrogens with zero attached hydrogens (tertiary/aromatic N) is 4. The van der Waals surface area contributed by atoms with Gasteiger partial charge in [0.25, 0.3) is 5.56 Å². The first-order valence-corrected chi connectivity index (χ1v) is 6.96. The maximum atomic E-state index is 12.5. The molecule has 4 rings (SSSR count). The van der Waals surface area contributed by atoms with Crippen molar-refractivity contribution in [1.82, 2.24) is 23.9 Å². The lowest BCUT2D eigenvalue weighted by Gasteiger charge is -2.03. The number of rotatable bonds is 5. The Balaban J connectivity index is 1.84. The van der Waals surface area contributed by atoms with Gasteiger partial charge in [0.15, 0.2) is 16.9 Å². The normalized spacial score (nSPS) is 11.7. The number of furan rings is 1. The van der Waals surface area contributed by atoms with Crippen molar-refractivity contribution in [3.8, 4) is 11.5 Å². The molecule has 0 aliphatic carbocycles. The Morgan fingerprint density at radius 2 is 2.35 bits per heavy atom. The van der Waals surface area contributed by atoms with Gasteiger partial charge in [-0.1, -0.05) is 0 Å². The van der Waals surface area contributed by atoms with Crippen LogP contribution in [0.4, 0.5) is 0 Å². The van der Waals surface area contributed by atoms with E-state index in [-0.39, 0.29) is 31.0 Å².